The summed E-state index contributed by atoms with van der Waals surface area (Å²) in [6, 6.07) is 6.82. The fourth-order valence-corrected chi connectivity index (χ4v) is 7.43. The summed E-state index contributed by atoms with van der Waals surface area (Å²) in [6.07, 6.45) is 1.41. The molecule has 208 valence electrons. The number of fused-ring (bicyclic) bond motifs is 4. The summed E-state index contributed by atoms with van der Waals surface area (Å²) < 4.78 is 22.7. The standard InChI is InChI=1S/C26H20BrCl2FN4O6/c1-31-23(38)32-8-7-15-17(34(32)24(31)39)11-25(28)21(36)33(14-5-3-13(30)4-6-14)22(37)26(25,29)19(15)12-9-16(27)20(35)18(10-12)40-2/h3-7,9-10,17,19,35H,8,11H2,1-2H3/t17-,19+,25-,26+/m1/s1. The van der Waals surface area contributed by atoms with Crippen molar-refractivity contribution in [2.75, 3.05) is 12.0 Å². The van der Waals surface area contributed by atoms with Gasteiger partial charge in [-0.25, -0.2) is 32.8 Å². The van der Waals surface area contributed by atoms with E-state index in [1.165, 1.54) is 47.8 Å². The summed E-state index contributed by atoms with van der Waals surface area (Å²) in [4.78, 5) is 50.9. The van der Waals surface area contributed by atoms with Crippen LogP contribution in [0.25, 0.3) is 0 Å². The Morgan fingerprint density at radius 2 is 1.75 bits per heavy atom. The highest BCUT2D eigenvalue weighted by Gasteiger charge is 2.75. The molecule has 2 fully saturated rings. The molecule has 10 nitrogen and oxygen atoms in total. The van der Waals surface area contributed by atoms with Gasteiger partial charge < -0.3 is 9.84 Å². The van der Waals surface area contributed by atoms with E-state index < -0.39 is 50.7 Å². The Morgan fingerprint density at radius 3 is 2.40 bits per heavy atom. The zero-order valence-corrected chi connectivity index (χ0v) is 24.0. The van der Waals surface area contributed by atoms with E-state index in [1.807, 2.05) is 0 Å². The average Bonchev–Trinajstić information content (AvgIpc) is 3.24. The van der Waals surface area contributed by atoms with Crippen molar-refractivity contribution in [2.24, 2.45) is 7.05 Å². The first-order chi connectivity index (χ1) is 18.9. The van der Waals surface area contributed by atoms with Crippen LogP contribution in [0.2, 0.25) is 0 Å². The van der Waals surface area contributed by atoms with Crippen LogP contribution in [0, 0.1) is 5.82 Å². The number of methoxy groups -OCH3 is 1. The summed E-state index contributed by atoms with van der Waals surface area (Å²) in [5.74, 6) is -3.52. The number of halogens is 4. The fourth-order valence-electron chi connectivity index (χ4n) is 6.06. The zero-order chi connectivity index (χ0) is 28.9. The Kier molecular flexibility index (Phi) is 5.92. The van der Waals surface area contributed by atoms with Crippen LogP contribution >= 0.6 is 39.1 Å². The number of benzene rings is 2. The first-order valence-corrected chi connectivity index (χ1v) is 13.6. The smallest absolute Gasteiger partial charge is 0.347 e. The zero-order valence-electron chi connectivity index (χ0n) is 20.9. The molecule has 3 heterocycles. The second-order valence-electron chi connectivity index (χ2n) is 9.90. The Bertz CT molecular complexity index is 1780. The molecule has 6 rings (SSSR count). The first kappa shape index (κ1) is 26.9. The van der Waals surface area contributed by atoms with Crippen molar-refractivity contribution in [1.29, 1.82) is 0 Å². The number of anilines is 1. The van der Waals surface area contributed by atoms with Gasteiger partial charge in [0.05, 0.1) is 29.9 Å². The maximum absolute atomic E-state index is 14.2. The second kappa shape index (κ2) is 8.82. The van der Waals surface area contributed by atoms with Gasteiger partial charge in [-0.15, -0.1) is 23.2 Å². The van der Waals surface area contributed by atoms with E-state index in [1.54, 1.807) is 6.08 Å². The van der Waals surface area contributed by atoms with Gasteiger partial charge in [-0.2, -0.15) is 0 Å². The van der Waals surface area contributed by atoms with E-state index in [0.29, 0.717) is 11.1 Å². The van der Waals surface area contributed by atoms with Crippen molar-refractivity contribution in [3.05, 3.63) is 84.9 Å². The molecule has 14 heteroatoms. The summed E-state index contributed by atoms with van der Waals surface area (Å²) in [5, 5.41) is 10.5. The molecule has 0 radical (unpaired) electrons. The first-order valence-electron chi connectivity index (χ1n) is 12.0. The highest BCUT2D eigenvalue weighted by atomic mass is 79.9. The largest absolute Gasteiger partial charge is 0.503 e. The van der Waals surface area contributed by atoms with Crippen LogP contribution in [0.4, 0.5) is 10.1 Å². The van der Waals surface area contributed by atoms with Gasteiger partial charge in [-0.1, -0.05) is 6.08 Å². The highest BCUT2D eigenvalue weighted by molar-refractivity contribution is 9.10. The predicted octanol–water partition coefficient (Wildman–Crippen LogP) is 3.16. The second-order valence-corrected chi connectivity index (χ2v) is 12.0. The fraction of sp³-hybridized carbons (Fsp3) is 0.308. The molecular formula is C26H20BrCl2FN4O6. The molecule has 40 heavy (non-hydrogen) atoms. The van der Waals surface area contributed by atoms with E-state index in [0.717, 1.165) is 21.6 Å². The van der Waals surface area contributed by atoms with Crippen LogP contribution in [-0.2, 0) is 23.2 Å². The molecule has 2 aromatic carbocycles. The van der Waals surface area contributed by atoms with Crippen molar-refractivity contribution in [3.63, 3.8) is 0 Å². The number of hydrogen-bond acceptors (Lipinski definition) is 6. The number of imide groups is 1. The number of nitrogens with zero attached hydrogens (tertiary/aromatic N) is 4. The van der Waals surface area contributed by atoms with Crippen molar-refractivity contribution < 1.29 is 23.8 Å². The molecular weight excluding hydrogens is 634 g/mol. The number of amides is 2. The highest BCUT2D eigenvalue weighted by Crippen LogP contribution is 2.64. The SMILES string of the molecule is COc1cc([C@H]2C3=CCn4c(=O)n(C)c(=O)n4[C@@H]3C[C@@]3(Cl)C(=O)N(c4ccc(F)cc4)C(=O)[C@@]23Cl)cc(Br)c1O. The third-order valence-electron chi connectivity index (χ3n) is 7.96. The normalized spacial score (nSPS) is 27.2. The summed E-state index contributed by atoms with van der Waals surface area (Å²) in [6.45, 7) is -0.000295. The Labute approximate surface area is 243 Å². The van der Waals surface area contributed by atoms with Gasteiger partial charge >= 0.3 is 11.4 Å². The minimum atomic E-state index is -2.12. The van der Waals surface area contributed by atoms with E-state index in [2.05, 4.69) is 15.9 Å². The molecule has 0 spiro atoms. The van der Waals surface area contributed by atoms with Crippen molar-refractivity contribution in [3.8, 4) is 11.5 Å². The number of hydrogen-bond donors (Lipinski definition) is 1. The molecule has 1 N–H and O–H groups in total. The minimum absolute atomic E-state index is 0.000295. The molecule has 2 amide bonds. The number of phenols is 1. The number of carbonyl (C=O) groups is 2. The van der Waals surface area contributed by atoms with Crippen LogP contribution in [0.5, 0.6) is 11.5 Å². The Morgan fingerprint density at radius 1 is 1.07 bits per heavy atom. The summed E-state index contributed by atoms with van der Waals surface area (Å²) in [7, 11) is 2.69. The van der Waals surface area contributed by atoms with Crippen LogP contribution in [0.1, 0.15) is 23.9 Å². The van der Waals surface area contributed by atoms with E-state index in [9.17, 15) is 28.7 Å². The monoisotopic (exact) mass is 652 g/mol. The molecule has 3 aliphatic rings. The van der Waals surface area contributed by atoms with E-state index in [-0.39, 0.29) is 34.6 Å². The van der Waals surface area contributed by atoms with Gasteiger partial charge in [-0.3, -0.25) is 9.59 Å². The molecule has 2 aliphatic heterocycles. The number of phenolic OH excluding ortho intramolecular Hbond substituents is 1. The number of carbonyl (C=O) groups excluding carboxylic acids is 2. The predicted molar refractivity (Wildman–Crippen MR) is 147 cm³/mol. The lowest BCUT2D eigenvalue weighted by molar-refractivity contribution is -0.122. The Balaban J connectivity index is 1.64. The van der Waals surface area contributed by atoms with Gasteiger partial charge in [0.25, 0.3) is 11.8 Å². The number of aromatic hydroxyl groups is 1. The number of alkyl halides is 2. The van der Waals surface area contributed by atoms with Gasteiger partial charge in [0.1, 0.15) is 5.82 Å². The van der Waals surface area contributed by atoms with Crippen molar-refractivity contribution >= 4 is 56.6 Å². The van der Waals surface area contributed by atoms with Crippen LogP contribution < -0.4 is 21.0 Å². The van der Waals surface area contributed by atoms with E-state index in [4.69, 9.17) is 27.9 Å². The van der Waals surface area contributed by atoms with Crippen molar-refractivity contribution in [1.82, 2.24) is 13.9 Å². The van der Waals surface area contributed by atoms with Crippen molar-refractivity contribution in [2.45, 2.75) is 34.7 Å². The lowest BCUT2D eigenvalue weighted by Gasteiger charge is -2.49. The topological polar surface area (TPSA) is 116 Å². The molecule has 0 unspecified atom stereocenters. The lowest BCUT2D eigenvalue weighted by Crippen LogP contribution is -2.59. The number of allylic oxidation sites excluding steroid dienone is 2. The van der Waals surface area contributed by atoms with Crippen LogP contribution in [0.3, 0.4) is 0 Å². The van der Waals surface area contributed by atoms with Gasteiger partial charge in [0.2, 0.25) is 0 Å². The van der Waals surface area contributed by atoms with E-state index >= 15 is 0 Å². The molecule has 1 aromatic heterocycles. The minimum Gasteiger partial charge on any atom is -0.503 e. The number of aromatic nitrogens is 3. The van der Waals surface area contributed by atoms with Gasteiger partial charge in [0, 0.05) is 19.4 Å². The van der Waals surface area contributed by atoms with Crippen LogP contribution in [0.15, 0.2) is 62.1 Å². The summed E-state index contributed by atoms with van der Waals surface area (Å²) >= 11 is 17.8. The third-order valence-corrected chi connectivity index (χ3v) is 9.98. The molecule has 1 saturated heterocycles. The molecule has 3 aromatic rings. The maximum Gasteiger partial charge on any atom is 0.347 e. The molecule has 1 saturated carbocycles. The van der Waals surface area contributed by atoms with Crippen LogP contribution in [-0.4, -0.2) is 47.7 Å². The average molecular weight is 654 g/mol. The van der Waals surface area contributed by atoms with Gasteiger partial charge in [-0.05, 0) is 63.5 Å². The molecule has 0 bridgehead atoms. The molecule has 1 aliphatic carbocycles. The molecule has 4 atom stereocenters. The number of rotatable bonds is 3. The van der Waals surface area contributed by atoms with Gasteiger partial charge in [0.15, 0.2) is 21.2 Å². The summed E-state index contributed by atoms with van der Waals surface area (Å²) in [5.41, 5.74) is -0.266. The third kappa shape index (κ3) is 3.26. The Hall–Kier alpha value is -3.35. The number of ether oxygens (including phenoxy) is 1. The lowest BCUT2D eigenvalue weighted by atomic mass is 9.64. The quantitative estimate of drug-likeness (QED) is 0.264. The maximum atomic E-state index is 14.2.